The number of amides is 1. The molecule has 1 amide bonds. The molecule has 172 valence electrons. The van der Waals surface area contributed by atoms with Crippen LogP contribution in [0.2, 0.25) is 0 Å². The lowest BCUT2D eigenvalue weighted by atomic mass is 9.94. The molecule has 3 aliphatic rings. The standard InChI is InChI=1S/C28H22F3NO2/c29-25-13-17(14-26(30)27(25)31)16-11-18-9-10-19(12-16)32(18)28(33)34-15-24-22-7-3-1-5-20(22)21-6-2-4-8-23(21)24/h1-8,11,13-14,18-19,24H,9-10,12,15H2. The zero-order valence-electron chi connectivity index (χ0n) is 18.3. The van der Waals surface area contributed by atoms with Gasteiger partial charge in [0.15, 0.2) is 17.5 Å². The largest absolute Gasteiger partial charge is 0.448 e. The lowest BCUT2D eigenvalue weighted by Gasteiger charge is -2.33. The van der Waals surface area contributed by atoms with Crippen molar-refractivity contribution in [2.24, 2.45) is 0 Å². The molecule has 1 aliphatic carbocycles. The lowest BCUT2D eigenvalue weighted by Crippen LogP contribution is -2.43. The Morgan fingerprint density at radius 1 is 0.912 bits per heavy atom. The van der Waals surface area contributed by atoms with Crippen molar-refractivity contribution in [3.05, 3.63) is 101 Å². The van der Waals surface area contributed by atoms with Crippen LogP contribution in [0.25, 0.3) is 16.7 Å². The average Bonchev–Trinajstić information content (AvgIpc) is 3.31. The fraction of sp³-hybridized carbons (Fsp3) is 0.250. The van der Waals surface area contributed by atoms with Gasteiger partial charge in [0.1, 0.15) is 6.61 Å². The Hall–Kier alpha value is -3.54. The SMILES string of the molecule is O=C(OCC1c2ccccc2-c2ccccc21)N1C2C=C(c3cc(F)c(F)c(F)c3)CC1CC2. The normalized spacial score (nSPS) is 20.7. The predicted octanol–water partition coefficient (Wildman–Crippen LogP) is 6.67. The Bertz CT molecular complexity index is 1270. The first-order valence-corrected chi connectivity index (χ1v) is 11.5. The van der Waals surface area contributed by atoms with Crippen molar-refractivity contribution in [3.63, 3.8) is 0 Å². The number of rotatable bonds is 3. The van der Waals surface area contributed by atoms with Gasteiger partial charge in [0.25, 0.3) is 0 Å². The smallest absolute Gasteiger partial charge is 0.410 e. The highest BCUT2D eigenvalue weighted by atomic mass is 19.2. The molecule has 0 radical (unpaired) electrons. The first kappa shape index (κ1) is 21.0. The highest BCUT2D eigenvalue weighted by Gasteiger charge is 2.41. The van der Waals surface area contributed by atoms with E-state index in [1.807, 2.05) is 30.3 Å². The first-order chi connectivity index (χ1) is 16.5. The molecule has 1 saturated heterocycles. The van der Waals surface area contributed by atoms with Crippen LogP contribution in [0.3, 0.4) is 0 Å². The Labute approximate surface area is 195 Å². The van der Waals surface area contributed by atoms with E-state index in [1.54, 1.807) is 4.90 Å². The summed E-state index contributed by atoms with van der Waals surface area (Å²) in [6.45, 7) is 0.244. The summed E-state index contributed by atoms with van der Waals surface area (Å²) in [4.78, 5) is 14.9. The minimum atomic E-state index is -1.47. The molecule has 2 aliphatic heterocycles. The maximum Gasteiger partial charge on any atom is 0.410 e. The summed E-state index contributed by atoms with van der Waals surface area (Å²) < 4.78 is 46.7. The molecule has 3 aromatic carbocycles. The molecule has 6 rings (SSSR count). The van der Waals surface area contributed by atoms with E-state index in [0.717, 1.165) is 41.7 Å². The third-order valence-corrected chi connectivity index (χ3v) is 7.30. The minimum absolute atomic E-state index is 0.0185. The Morgan fingerprint density at radius 2 is 1.53 bits per heavy atom. The maximum absolute atomic E-state index is 13.7. The van der Waals surface area contributed by atoms with Gasteiger partial charge in [-0.15, -0.1) is 0 Å². The number of halogens is 3. The molecule has 0 aromatic heterocycles. The molecule has 34 heavy (non-hydrogen) atoms. The predicted molar refractivity (Wildman–Crippen MR) is 123 cm³/mol. The van der Waals surface area contributed by atoms with Gasteiger partial charge < -0.3 is 4.74 Å². The molecule has 2 unspecified atom stereocenters. The van der Waals surface area contributed by atoms with Gasteiger partial charge in [0.2, 0.25) is 0 Å². The van der Waals surface area contributed by atoms with E-state index in [0.29, 0.717) is 12.0 Å². The molecule has 2 heterocycles. The van der Waals surface area contributed by atoms with Crippen LogP contribution < -0.4 is 0 Å². The van der Waals surface area contributed by atoms with Gasteiger partial charge in [0.05, 0.1) is 6.04 Å². The van der Waals surface area contributed by atoms with E-state index >= 15 is 0 Å². The number of carbonyl (C=O) groups excluding carboxylic acids is 1. The molecule has 2 atom stereocenters. The minimum Gasteiger partial charge on any atom is -0.448 e. The number of fused-ring (bicyclic) bond motifs is 5. The van der Waals surface area contributed by atoms with Crippen molar-refractivity contribution in [2.45, 2.75) is 37.3 Å². The van der Waals surface area contributed by atoms with Crippen LogP contribution in [0.1, 0.15) is 41.9 Å². The zero-order valence-corrected chi connectivity index (χ0v) is 18.3. The molecule has 0 saturated carbocycles. The summed E-state index contributed by atoms with van der Waals surface area (Å²) in [7, 11) is 0. The van der Waals surface area contributed by atoms with Crippen LogP contribution in [0.15, 0.2) is 66.7 Å². The monoisotopic (exact) mass is 461 g/mol. The quantitative estimate of drug-likeness (QED) is 0.408. The van der Waals surface area contributed by atoms with E-state index in [-0.39, 0.29) is 30.7 Å². The van der Waals surface area contributed by atoms with Gasteiger partial charge in [-0.2, -0.15) is 0 Å². The molecule has 0 spiro atoms. The zero-order chi connectivity index (χ0) is 23.4. The maximum atomic E-state index is 13.7. The number of nitrogens with zero attached hydrogens (tertiary/aromatic N) is 1. The Kier molecular flexibility index (Phi) is 4.97. The van der Waals surface area contributed by atoms with Gasteiger partial charge in [-0.05, 0) is 64.8 Å². The summed E-state index contributed by atoms with van der Waals surface area (Å²) in [6, 6.07) is 18.1. The second kappa shape index (κ2) is 8.05. The van der Waals surface area contributed by atoms with E-state index < -0.39 is 17.5 Å². The number of carbonyl (C=O) groups is 1. The number of ether oxygens (including phenoxy) is 1. The molecular weight excluding hydrogens is 439 g/mol. The van der Waals surface area contributed by atoms with Gasteiger partial charge >= 0.3 is 6.09 Å². The van der Waals surface area contributed by atoms with E-state index in [9.17, 15) is 18.0 Å². The molecule has 6 heteroatoms. The average molecular weight is 461 g/mol. The van der Waals surface area contributed by atoms with Crippen LogP contribution in [0.5, 0.6) is 0 Å². The third kappa shape index (κ3) is 3.31. The van der Waals surface area contributed by atoms with Crippen LogP contribution >= 0.6 is 0 Å². The summed E-state index contributed by atoms with van der Waals surface area (Å²) in [5, 5.41) is 0. The second-order valence-electron chi connectivity index (χ2n) is 9.16. The fourth-order valence-electron chi connectivity index (χ4n) is 5.74. The van der Waals surface area contributed by atoms with Crippen molar-refractivity contribution in [3.8, 4) is 11.1 Å². The lowest BCUT2D eigenvalue weighted by molar-refractivity contribution is 0.0866. The fourth-order valence-corrected chi connectivity index (χ4v) is 5.74. The molecular formula is C28H22F3NO2. The van der Waals surface area contributed by atoms with E-state index in [1.165, 1.54) is 11.1 Å². The van der Waals surface area contributed by atoms with Crippen LogP contribution in [-0.2, 0) is 4.74 Å². The number of benzene rings is 3. The van der Waals surface area contributed by atoms with Crippen molar-refractivity contribution < 1.29 is 22.7 Å². The second-order valence-corrected chi connectivity index (χ2v) is 9.16. The van der Waals surface area contributed by atoms with Gasteiger partial charge in [0, 0.05) is 12.0 Å². The third-order valence-electron chi connectivity index (χ3n) is 7.30. The molecule has 0 N–H and O–H groups in total. The molecule has 1 fully saturated rings. The van der Waals surface area contributed by atoms with Crippen LogP contribution in [0.4, 0.5) is 18.0 Å². The molecule has 3 nitrogen and oxygen atoms in total. The highest BCUT2D eigenvalue weighted by molar-refractivity contribution is 5.79. The topological polar surface area (TPSA) is 29.5 Å². The molecule has 2 bridgehead atoms. The van der Waals surface area contributed by atoms with E-state index in [2.05, 4.69) is 24.3 Å². The highest BCUT2D eigenvalue weighted by Crippen LogP contribution is 2.45. The van der Waals surface area contributed by atoms with Crippen molar-refractivity contribution in [1.82, 2.24) is 4.90 Å². The van der Waals surface area contributed by atoms with Crippen molar-refractivity contribution >= 4 is 11.7 Å². The van der Waals surface area contributed by atoms with Gasteiger partial charge in [-0.25, -0.2) is 18.0 Å². The number of hydrogen-bond acceptors (Lipinski definition) is 2. The Balaban J connectivity index is 1.21. The summed E-state index contributed by atoms with van der Waals surface area (Å²) in [6.07, 6.45) is 3.47. The van der Waals surface area contributed by atoms with Crippen molar-refractivity contribution in [2.75, 3.05) is 6.61 Å². The summed E-state index contributed by atoms with van der Waals surface area (Å²) in [5.41, 5.74) is 5.70. The first-order valence-electron chi connectivity index (χ1n) is 11.5. The van der Waals surface area contributed by atoms with Gasteiger partial charge in [-0.1, -0.05) is 54.6 Å². The van der Waals surface area contributed by atoms with Crippen LogP contribution in [-0.4, -0.2) is 29.7 Å². The van der Waals surface area contributed by atoms with E-state index in [4.69, 9.17) is 4.74 Å². The number of hydrogen-bond donors (Lipinski definition) is 0. The molecule has 3 aromatic rings. The van der Waals surface area contributed by atoms with Crippen LogP contribution in [0, 0.1) is 17.5 Å². The summed E-state index contributed by atoms with van der Waals surface area (Å²) in [5.74, 6) is -3.90. The van der Waals surface area contributed by atoms with Crippen molar-refractivity contribution in [1.29, 1.82) is 0 Å². The Morgan fingerprint density at radius 3 is 2.15 bits per heavy atom. The summed E-state index contributed by atoms with van der Waals surface area (Å²) >= 11 is 0. The van der Waals surface area contributed by atoms with Gasteiger partial charge in [-0.3, -0.25) is 4.90 Å².